The van der Waals surface area contributed by atoms with E-state index in [2.05, 4.69) is 15.8 Å². The number of hydrogen-bond acceptors (Lipinski definition) is 5. The molecule has 10 heteroatoms. The van der Waals surface area contributed by atoms with Crippen LogP contribution in [0.4, 0.5) is 0 Å². The maximum Gasteiger partial charge on any atom is 0.333 e. The van der Waals surface area contributed by atoms with Crippen molar-refractivity contribution in [3.8, 4) is 0 Å². The van der Waals surface area contributed by atoms with Crippen molar-refractivity contribution in [2.24, 2.45) is 0 Å². The molecule has 5 rings (SSSR count). The molecule has 2 amide bonds. The third-order valence-corrected chi connectivity index (χ3v) is 6.14. The normalized spacial score (nSPS) is 11.1. The van der Waals surface area contributed by atoms with E-state index in [0.29, 0.717) is 12.1 Å². The van der Waals surface area contributed by atoms with Gasteiger partial charge in [-0.1, -0.05) is 60.7 Å². The molecule has 2 aromatic heterocycles. The van der Waals surface area contributed by atoms with Gasteiger partial charge in [-0.3, -0.25) is 29.8 Å². The lowest BCUT2D eigenvalue weighted by Gasteiger charge is -2.13. The summed E-state index contributed by atoms with van der Waals surface area (Å²) in [5.41, 5.74) is 5.04. The van der Waals surface area contributed by atoms with Gasteiger partial charge in [0.05, 0.1) is 12.9 Å². The molecule has 2 N–H and O–H groups in total. The Morgan fingerprint density at radius 3 is 2.35 bits per heavy atom. The fraction of sp³-hybridized carbons (Fsp3) is 0.148. The summed E-state index contributed by atoms with van der Waals surface area (Å²) in [6.45, 7) is 1.92. The maximum atomic E-state index is 13.3. The van der Waals surface area contributed by atoms with E-state index in [9.17, 15) is 19.2 Å². The first-order valence-corrected chi connectivity index (χ1v) is 11.8. The van der Waals surface area contributed by atoms with E-state index in [0.717, 1.165) is 20.9 Å². The number of nitrogens with one attached hydrogen (secondary N) is 2. The molecule has 0 unspecified atom stereocenters. The Balaban J connectivity index is 1.40. The molecule has 0 saturated heterocycles. The highest BCUT2D eigenvalue weighted by Crippen LogP contribution is 2.15. The Morgan fingerprint density at radius 2 is 1.59 bits per heavy atom. The third kappa shape index (κ3) is 4.64. The highest BCUT2D eigenvalue weighted by Gasteiger charge is 2.20. The van der Waals surface area contributed by atoms with Crippen molar-refractivity contribution in [3.63, 3.8) is 0 Å². The van der Waals surface area contributed by atoms with Crippen molar-refractivity contribution < 1.29 is 9.59 Å². The Labute approximate surface area is 210 Å². The fourth-order valence-corrected chi connectivity index (χ4v) is 4.24. The molecule has 37 heavy (non-hydrogen) atoms. The van der Waals surface area contributed by atoms with E-state index >= 15 is 0 Å². The Morgan fingerprint density at radius 1 is 0.865 bits per heavy atom. The van der Waals surface area contributed by atoms with E-state index in [4.69, 9.17) is 0 Å². The molecular weight excluding hydrogens is 472 g/mol. The zero-order chi connectivity index (χ0) is 25.9. The zero-order valence-corrected chi connectivity index (χ0v) is 20.0. The number of carbonyl (C=O) groups is 2. The monoisotopic (exact) mass is 496 g/mol. The molecular formula is C27H24N6O4. The minimum Gasteiger partial charge on any atom is -0.325 e. The number of nitrogens with zero attached hydrogens (tertiary/aromatic N) is 4. The second-order valence-electron chi connectivity index (χ2n) is 8.51. The molecule has 0 bridgehead atoms. The molecule has 0 aliphatic rings. The van der Waals surface area contributed by atoms with E-state index < -0.39 is 29.6 Å². The summed E-state index contributed by atoms with van der Waals surface area (Å²) in [4.78, 5) is 56.2. The minimum absolute atomic E-state index is 0.178. The lowest BCUT2D eigenvalue weighted by molar-refractivity contribution is -0.122. The molecule has 0 fully saturated rings. The number of hydrogen-bond donors (Lipinski definition) is 2. The molecule has 2 heterocycles. The van der Waals surface area contributed by atoms with Crippen LogP contribution in [0.1, 0.15) is 22.8 Å². The van der Waals surface area contributed by atoms with Crippen molar-refractivity contribution >= 4 is 33.8 Å². The van der Waals surface area contributed by atoms with Crippen LogP contribution in [0.25, 0.3) is 21.9 Å². The van der Waals surface area contributed by atoms with Crippen LogP contribution in [-0.4, -0.2) is 30.5 Å². The Hall–Kier alpha value is -4.99. The van der Waals surface area contributed by atoms with E-state index in [1.807, 2.05) is 67.6 Å². The average molecular weight is 497 g/mol. The van der Waals surface area contributed by atoms with Crippen LogP contribution in [0.5, 0.6) is 0 Å². The fourth-order valence-electron chi connectivity index (χ4n) is 4.24. The second kappa shape index (κ2) is 9.94. The number of aromatic nitrogens is 4. The van der Waals surface area contributed by atoms with Crippen LogP contribution in [0.2, 0.25) is 0 Å². The van der Waals surface area contributed by atoms with Crippen LogP contribution < -0.4 is 22.1 Å². The third-order valence-electron chi connectivity index (χ3n) is 6.14. The highest BCUT2D eigenvalue weighted by molar-refractivity contribution is 5.99. The van der Waals surface area contributed by atoms with E-state index in [-0.39, 0.29) is 17.7 Å². The van der Waals surface area contributed by atoms with Gasteiger partial charge in [-0.25, -0.2) is 14.3 Å². The number of rotatable bonds is 6. The highest BCUT2D eigenvalue weighted by atomic mass is 16.2. The molecule has 10 nitrogen and oxygen atoms in total. The summed E-state index contributed by atoms with van der Waals surface area (Å²) in [5.74, 6) is -1.24. The topological polar surface area (TPSA) is 120 Å². The number of carbonyl (C=O) groups excluding carboxylic acids is 2. The summed E-state index contributed by atoms with van der Waals surface area (Å²) < 4.78 is 3.87. The van der Waals surface area contributed by atoms with Gasteiger partial charge in [-0.15, -0.1) is 0 Å². The number of hydrazine groups is 1. The standard InChI is InChI=1S/C27H24N6O4/c1-2-31-17-28-24-23(31)26(36)33(27(37)32(24)15-18-8-4-3-5-9-18)16-22(34)29-30-25(35)21-13-12-19-10-6-7-11-20(19)14-21/h3-14,17H,2,15-16H2,1H3,(H,29,34)(H,30,35). The van der Waals surface area contributed by atoms with Gasteiger partial charge in [0, 0.05) is 12.1 Å². The van der Waals surface area contributed by atoms with Crippen LogP contribution in [0.15, 0.2) is 88.7 Å². The zero-order valence-electron chi connectivity index (χ0n) is 20.0. The van der Waals surface area contributed by atoms with E-state index in [1.54, 1.807) is 16.7 Å². The summed E-state index contributed by atoms with van der Waals surface area (Å²) in [5, 5.41) is 1.86. The van der Waals surface area contributed by atoms with Gasteiger partial charge in [0.25, 0.3) is 17.4 Å². The van der Waals surface area contributed by atoms with Gasteiger partial charge in [0.1, 0.15) is 6.54 Å². The first-order valence-electron chi connectivity index (χ1n) is 11.8. The van der Waals surface area contributed by atoms with Gasteiger partial charge in [-0.2, -0.15) is 0 Å². The first-order chi connectivity index (χ1) is 18.0. The molecule has 3 aromatic carbocycles. The van der Waals surface area contributed by atoms with Gasteiger partial charge in [-0.05, 0) is 35.4 Å². The summed E-state index contributed by atoms with van der Waals surface area (Å²) in [6, 6.07) is 22.1. The lowest BCUT2D eigenvalue weighted by Crippen LogP contribution is -2.48. The van der Waals surface area contributed by atoms with Crippen molar-refractivity contribution in [3.05, 3.63) is 111 Å². The molecule has 0 spiro atoms. The molecule has 186 valence electrons. The van der Waals surface area contributed by atoms with Crippen molar-refractivity contribution in [1.29, 1.82) is 0 Å². The predicted octanol–water partition coefficient (Wildman–Crippen LogP) is 2.04. The summed E-state index contributed by atoms with van der Waals surface area (Å²) in [7, 11) is 0. The number of benzene rings is 3. The van der Waals surface area contributed by atoms with Gasteiger partial charge < -0.3 is 4.57 Å². The quantitative estimate of drug-likeness (QED) is 0.349. The number of imidazole rings is 1. The minimum atomic E-state index is -0.721. The lowest BCUT2D eigenvalue weighted by atomic mass is 10.1. The van der Waals surface area contributed by atoms with Crippen LogP contribution in [0.3, 0.4) is 0 Å². The van der Waals surface area contributed by atoms with Gasteiger partial charge in [0.2, 0.25) is 0 Å². The van der Waals surface area contributed by atoms with Gasteiger partial charge in [0.15, 0.2) is 11.2 Å². The SMILES string of the molecule is CCn1cnc2c1c(=O)n(CC(=O)NNC(=O)c1ccc3ccccc3c1)c(=O)n2Cc1ccccc1. The van der Waals surface area contributed by atoms with E-state index in [1.165, 1.54) is 10.9 Å². The average Bonchev–Trinajstić information content (AvgIpc) is 3.36. The number of fused-ring (bicyclic) bond motifs is 2. The van der Waals surface area contributed by atoms with Crippen molar-refractivity contribution in [2.45, 2.75) is 26.6 Å². The smallest absolute Gasteiger partial charge is 0.325 e. The second-order valence-corrected chi connectivity index (χ2v) is 8.51. The predicted molar refractivity (Wildman–Crippen MR) is 139 cm³/mol. The summed E-state index contributed by atoms with van der Waals surface area (Å²) >= 11 is 0. The molecule has 0 aliphatic carbocycles. The van der Waals surface area contributed by atoms with Crippen LogP contribution in [0, 0.1) is 0 Å². The first kappa shape index (κ1) is 23.7. The molecule has 0 radical (unpaired) electrons. The molecule has 0 atom stereocenters. The number of aryl methyl sites for hydroxylation is 1. The van der Waals surface area contributed by atoms with Crippen LogP contribution in [-0.2, 0) is 24.4 Å². The Kier molecular flexibility index (Phi) is 6.38. The van der Waals surface area contributed by atoms with Gasteiger partial charge >= 0.3 is 5.69 Å². The maximum absolute atomic E-state index is 13.3. The molecule has 0 aliphatic heterocycles. The molecule has 0 saturated carbocycles. The van der Waals surface area contributed by atoms with Crippen molar-refractivity contribution in [1.82, 2.24) is 29.5 Å². The van der Waals surface area contributed by atoms with Crippen LogP contribution >= 0.6 is 0 Å². The number of amides is 2. The van der Waals surface area contributed by atoms with Crippen molar-refractivity contribution in [2.75, 3.05) is 0 Å². The Bertz CT molecular complexity index is 1750. The summed E-state index contributed by atoms with van der Waals surface area (Å²) in [6.07, 6.45) is 1.50. The largest absolute Gasteiger partial charge is 0.333 e. The molecule has 5 aromatic rings.